The first-order valence-corrected chi connectivity index (χ1v) is 10.2. The lowest BCUT2D eigenvalue weighted by molar-refractivity contribution is -0.158. The maximum absolute atomic E-state index is 12.5. The van der Waals surface area contributed by atoms with E-state index >= 15 is 0 Å². The number of ketones is 2. The van der Waals surface area contributed by atoms with Gasteiger partial charge in [0.25, 0.3) is 0 Å². The highest BCUT2D eigenvalue weighted by Crippen LogP contribution is 2.62. The first-order chi connectivity index (χ1) is 12.7. The summed E-state index contributed by atoms with van der Waals surface area (Å²) in [5, 5.41) is 31.5. The molecule has 5 heteroatoms. The lowest BCUT2D eigenvalue weighted by atomic mass is 9.56. The van der Waals surface area contributed by atoms with Crippen LogP contribution in [0.25, 0.3) is 0 Å². The minimum absolute atomic E-state index is 0.114. The van der Waals surface area contributed by atoms with Crippen LogP contribution in [0.5, 0.6) is 0 Å². The standard InChI is InChI=1S/C22H30O5/c1-20-12-17(25)5-8-21-7-4-16(24)10-15(21)3-2-14(11-21)18(20)6-9-22(20,27)19(26)13-23/h5,8,10,14,17-18,23,25,27H,2-4,6-7,9,11-13H2,1H3/b8-5+/t14-,17-,18+,20+,21+,22+/m1/s1. The lowest BCUT2D eigenvalue weighted by Gasteiger charge is -2.49. The van der Waals surface area contributed by atoms with Gasteiger partial charge >= 0.3 is 0 Å². The minimum atomic E-state index is -1.59. The van der Waals surface area contributed by atoms with Gasteiger partial charge in [-0.15, -0.1) is 0 Å². The van der Waals surface area contributed by atoms with E-state index < -0.39 is 29.5 Å². The fraction of sp³-hybridized carbons (Fsp3) is 0.727. The van der Waals surface area contributed by atoms with Gasteiger partial charge in [0.1, 0.15) is 12.2 Å². The van der Waals surface area contributed by atoms with Crippen molar-refractivity contribution in [1.82, 2.24) is 0 Å². The number of hydrogen-bond acceptors (Lipinski definition) is 5. The summed E-state index contributed by atoms with van der Waals surface area (Å²) in [6.07, 6.45) is 10.3. The highest BCUT2D eigenvalue weighted by atomic mass is 16.3. The van der Waals surface area contributed by atoms with E-state index in [4.69, 9.17) is 0 Å². The summed E-state index contributed by atoms with van der Waals surface area (Å²) in [5.41, 5.74) is -1.35. The van der Waals surface area contributed by atoms with Crippen molar-refractivity contribution < 1.29 is 24.9 Å². The Balaban J connectivity index is 1.77. The average Bonchev–Trinajstić information content (AvgIpc) is 2.92. The molecule has 148 valence electrons. The summed E-state index contributed by atoms with van der Waals surface area (Å²) in [4.78, 5) is 24.4. The Morgan fingerprint density at radius 1 is 1.22 bits per heavy atom. The van der Waals surface area contributed by atoms with Crippen molar-refractivity contribution in [2.24, 2.45) is 22.7 Å². The quantitative estimate of drug-likeness (QED) is 0.644. The molecular weight excluding hydrogens is 344 g/mol. The van der Waals surface area contributed by atoms with E-state index in [2.05, 4.69) is 6.08 Å². The van der Waals surface area contributed by atoms with Gasteiger partial charge in [-0.05, 0) is 62.9 Å². The van der Waals surface area contributed by atoms with Gasteiger partial charge in [0.05, 0.1) is 6.10 Å². The number of aliphatic hydroxyl groups excluding tert-OH is 2. The third-order valence-electron chi connectivity index (χ3n) is 8.23. The maximum atomic E-state index is 12.5. The van der Waals surface area contributed by atoms with E-state index in [9.17, 15) is 24.9 Å². The normalized spacial score (nSPS) is 47.8. The van der Waals surface area contributed by atoms with E-state index in [1.54, 1.807) is 0 Å². The van der Waals surface area contributed by atoms with Crippen molar-refractivity contribution in [3.8, 4) is 0 Å². The van der Waals surface area contributed by atoms with Crippen LogP contribution in [0.1, 0.15) is 58.3 Å². The number of rotatable bonds is 2. The number of hydrogen-bond donors (Lipinski definition) is 3. The fourth-order valence-corrected chi connectivity index (χ4v) is 6.72. The Hall–Kier alpha value is -1.30. The van der Waals surface area contributed by atoms with Crippen LogP contribution in [0.4, 0.5) is 0 Å². The van der Waals surface area contributed by atoms with Gasteiger partial charge in [-0.2, -0.15) is 0 Å². The molecule has 0 aromatic rings. The molecule has 4 aliphatic rings. The van der Waals surface area contributed by atoms with Crippen LogP contribution < -0.4 is 0 Å². The van der Waals surface area contributed by atoms with Crippen LogP contribution in [-0.4, -0.2) is 45.2 Å². The molecule has 2 saturated carbocycles. The topological polar surface area (TPSA) is 94.8 Å². The summed E-state index contributed by atoms with van der Waals surface area (Å²) >= 11 is 0. The molecule has 0 saturated heterocycles. The molecule has 0 radical (unpaired) electrons. The van der Waals surface area contributed by atoms with E-state index in [1.807, 2.05) is 19.1 Å². The molecule has 2 fully saturated rings. The van der Waals surface area contributed by atoms with Crippen LogP contribution in [0.15, 0.2) is 23.8 Å². The number of carbonyl (C=O) groups excluding carboxylic acids is 2. The first kappa shape index (κ1) is 19.0. The van der Waals surface area contributed by atoms with Crippen LogP contribution in [0.2, 0.25) is 0 Å². The Bertz CT molecular complexity index is 724. The first-order valence-electron chi connectivity index (χ1n) is 10.2. The van der Waals surface area contributed by atoms with E-state index in [0.717, 1.165) is 32.1 Å². The zero-order valence-corrected chi connectivity index (χ0v) is 16.0. The van der Waals surface area contributed by atoms with E-state index in [0.29, 0.717) is 25.2 Å². The predicted octanol–water partition coefficient (Wildman–Crippen LogP) is 2.09. The fourth-order valence-electron chi connectivity index (χ4n) is 6.72. The summed E-state index contributed by atoms with van der Waals surface area (Å²) in [7, 11) is 0. The highest BCUT2D eigenvalue weighted by molar-refractivity contribution is 5.92. The number of aliphatic hydroxyl groups is 3. The summed E-state index contributed by atoms with van der Waals surface area (Å²) < 4.78 is 0. The number of Topliss-reactive ketones (excluding diaryl/α,β-unsaturated/α-hetero) is 1. The molecule has 6 atom stereocenters. The summed E-state index contributed by atoms with van der Waals surface area (Å²) in [5.74, 6) is 0.105. The van der Waals surface area contributed by atoms with Gasteiger partial charge in [0, 0.05) is 17.3 Å². The molecule has 4 rings (SSSR count). The molecule has 0 aromatic carbocycles. The Kier molecular flexibility index (Phi) is 4.48. The molecule has 0 amide bonds. The monoisotopic (exact) mass is 374 g/mol. The molecule has 0 unspecified atom stereocenters. The Morgan fingerprint density at radius 2 is 2.00 bits per heavy atom. The van der Waals surface area contributed by atoms with Gasteiger partial charge in [0.15, 0.2) is 11.6 Å². The molecule has 0 heterocycles. The second kappa shape index (κ2) is 6.36. The second-order valence-electron chi connectivity index (χ2n) is 9.43. The number of allylic oxidation sites excluding steroid dienone is 3. The van der Waals surface area contributed by atoms with Crippen LogP contribution in [-0.2, 0) is 9.59 Å². The SMILES string of the molecule is C[C@]12C[C@H](O)/C=C/[C@]34CCC(=O)C=C3CC[C@H](C4)[C@@H]1CC[C@]2(O)C(=O)CO. The molecule has 27 heavy (non-hydrogen) atoms. The minimum Gasteiger partial charge on any atom is -0.389 e. The van der Waals surface area contributed by atoms with Crippen molar-refractivity contribution in [3.63, 3.8) is 0 Å². The van der Waals surface area contributed by atoms with Gasteiger partial charge < -0.3 is 15.3 Å². The van der Waals surface area contributed by atoms with Crippen LogP contribution in [0, 0.1) is 22.7 Å². The van der Waals surface area contributed by atoms with E-state index in [1.165, 1.54) is 5.57 Å². The number of carbonyl (C=O) groups is 2. The third kappa shape index (κ3) is 2.70. The molecule has 0 aromatic heterocycles. The predicted molar refractivity (Wildman–Crippen MR) is 99.7 cm³/mol. The van der Waals surface area contributed by atoms with Crippen molar-refractivity contribution >= 4 is 11.6 Å². The van der Waals surface area contributed by atoms with Gasteiger partial charge in [-0.3, -0.25) is 9.59 Å². The zero-order valence-electron chi connectivity index (χ0n) is 16.0. The number of fused-ring (bicyclic) bond motifs is 3. The van der Waals surface area contributed by atoms with Crippen molar-refractivity contribution in [1.29, 1.82) is 0 Å². The molecule has 2 bridgehead atoms. The molecular formula is C22H30O5. The van der Waals surface area contributed by atoms with Gasteiger partial charge in [-0.1, -0.05) is 24.6 Å². The maximum Gasteiger partial charge on any atom is 0.190 e. The highest BCUT2D eigenvalue weighted by Gasteiger charge is 2.63. The smallest absolute Gasteiger partial charge is 0.190 e. The summed E-state index contributed by atoms with van der Waals surface area (Å²) in [6.45, 7) is 1.25. The van der Waals surface area contributed by atoms with Crippen molar-refractivity contribution in [2.75, 3.05) is 6.61 Å². The van der Waals surface area contributed by atoms with Crippen molar-refractivity contribution in [2.45, 2.75) is 70.0 Å². The van der Waals surface area contributed by atoms with Crippen LogP contribution in [0.3, 0.4) is 0 Å². The van der Waals surface area contributed by atoms with E-state index in [-0.39, 0.29) is 17.1 Å². The summed E-state index contributed by atoms with van der Waals surface area (Å²) in [6, 6.07) is 0. The molecule has 1 spiro atoms. The third-order valence-corrected chi connectivity index (χ3v) is 8.23. The van der Waals surface area contributed by atoms with Gasteiger partial charge in [0.2, 0.25) is 0 Å². The largest absolute Gasteiger partial charge is 0.389 e. The average molecular weight is 374 g/mol. The zero-order chi connectivity index (χ0) is 19.4. The molecule has 0 aliphatic heterocycles. The molecule has 3 N–H and O–H groups in total. The van der Waals surface area contributed by atoms with Gasteiger partial charge in [-0.25, -0.2) is 0 Å². The van der Waals surface area contributed by atoms with Crippen molar-refractivity contribution in [3.05, 3.63) is 23.8 Å². The lowest BCUT2D eigenvalue weighted by Crippen LogP contribution is -2.54. The Morgan fingerprint density at radius 3 is 2.74 bits per heavy atom. The molecule has 4 aliphatic carbocycles. The molecule has 5 nitrogen and oxygen atoms in total. The second-order valence-corrected chi connectivity index (χ2v) is 9.43. The van der Waals surface area contributed by atoms with Crippen LogP contribution >= 0.6 is 0 Å². The Labute approximate surface area is 160 Å².